The molecular weight excluding hydrogens is 710 g/mol. The topological polar surface area (TPSA) is 321 Å². The number of hydrogen-bond donors (Lipinski definition) is 4. The molecule has 5 rings (SSSR count). The van der Waals surface area contributed by atoms with Crippen LogP contribution >= 0.6 is 11.6 Å². The molecule has 5 N–H and O–H groups in total. The maximum absolute atomic E-state index is 6.61. The van der Waals surface area contributed by atoms with Gasteiger partial charge in [0.05, 0.1) is 33.8 Å². The molecule has 1 aliphatic heterocycles. The first-order chi connectivity index (χ1) is 25.7. The van der Waals surface area contributed by atoms with Gasteiger partial charge in [-0.3, -0.25) is 0 Å². The lowest BCUT2D eigenvalue weighted by Gasteiger charge is -2.24. The Labute approximate surface area is 305 Å². The van der Waals surface area contributed by atoms with Crippen molar-refractivity contribution in [3.63, 3.8) is 0 Å². The molecule has 3 heterocycles. The van der Waals surface area contributed by atoms with Crippen molar-refractivity contribution in [1.82, 2.24) is 19.4 Å². The van der Waals surface area contributed by atoms with E-state index in [9.17, 15) is 0 Å². The smallest absolute Gasteiger partial charge is 0.227 e. The Morgan fingerprint density at radius 3 is 2.06 bits per heavy atom. The van der Waals surface area contributed by atoms with Crippen molar-refractivity contribution in [3.8, 4) is 11.3 Å². The predicted molar refractivity (Wildman–Crippen MR) is 191 cm³/mol. The molecular formula is C27H34ClN25. The van der Waals surface area contributed by atoms with Crippen molar-refractivity contribution in [2.24, 2.45) is 83.6 Å². The van der Waals surface area contributed by atoms with E-state index in [1.165, 1.54) is 16.5 Å². The summed E-state index contributed by atoms with van der Waals surface area (Å²) in [6, 6.07) is 10.5. The van der Waals surface area contributed by atoms with E-state index in [1.807, 2.05) is 6.07 Å². The van der Waals surface area contributed by atoms with Gasteiger partial charge in [0.2, 0.25) is 5.95 Å². The molecule has 274 valence electrons. The van der Waals surface area contributed by atoms with E-state index < -0.39 is 0 Å². The Balaban J connectivity index is 0.000000297. The molecule has 0 atom stereocenters. The molecule has 0 amide bonds. The Bertz CT molecular complexity index is 2040. The van der Waals surface area contributed by atoms with Gasteiger partial charge in [-0.15, -0.1) is 0 Å². The Hall–Kier alpha value is -6.89. The number of nitrogen functional groups attached to an aromatic ring is 1. The third kappa shape index (κ3) is 11.3. The number of aryl methyl sites for hydroxylation is 3. The lowest BCUT2D eigenvalue weighted by Crippen LogP contribution is -2.29. The highest BCUT2D eigenvalue weighted by atomic mass is 35.5. The summed E-state index contributed by atoms with van der Waals surface area (Å²) in [6.45, 7) is 4.92. The minimum absolute atomic E-state index is 0.493. The lowest BCUT2D eigenvalue weighted by molar-refractivity contribution is 0.416. The molecule has 0 radical (unpaired) electrons. The third-order valence-corrected chi connectivity index (χ3v) is 7.63. The van der Waals surface area contributed by atoms with Crippen molar-refractivity contribution < 1.29 is 0 Å². The number of rotatable bonds is 15. The van der Waals surface area contributed by atoms with Gasteiger partial charge in [-0.25, -0.2) is 9.97 Å². The fourth-order valence-corrected chi connectivity index (χ4v) is 5.27. The Morgan fingerprint density at radius 1 is 0.868 bits per heavy atom. The molecule has 0 fully saturated rings. The van der Waals surface area contributed by atoms with E-state index in [0.29, 0.717) is 16.7 Å². The van der Waals surface area contributed by atoms with E-state index >= 15 is 0 Å². The number of nitrogens with one attached hydrogen (secondary N) is 3. The summed E-state index contributed by atoms with van der Waals surface area (Å²) in [6.07, 6.45) is 6.09. The van der Waals surface area contributed by atoms with Crippen molar-refractivity contribution in [2.75, 3.05) is 50.2 Å². The van der Waals surface area contributed by atoms with Gasteiger partial charge in [0.15, 0.2) is 0 Å². The summed E-state index contributed by atoms with van der Waals surface area (Å²) in [7, 11) is 6.20. The summed E-state index contributed by atoms with van der Waals surface area (Å²) in [5.74, 6) is 0.493. The van der Waals surface area contributed by atoms with Crippen LogP contribution in [-0.2, 0) is 13.0 Å². The number of benzene rings is 2. The molecule has 53 heavy (non-hydrogen) atoms. The van der Waals surface area contributed by atoms with E-state index in [4.69, 9.17) is 33.4 Å². The predicted octanol–water partition coefficient (Wildman–Crippen LogP) is 8.86. The molecule has 0 unspecified atom stereocenters. The summed E-state index contributed by atoms with van der Waals surface area (Å²) in [5, 5.41) is 50.7. The fourth-order valence-electron chi connectivity index (χ4n) is 5.08. The van der Waals surface area contributed by atoms with E-state index in [2.05, 4.69) is 167 Å². The van der Waals surface area contributed by atoms with Crippen molar-refractivity contribution in [1.29, 1.82) is 11.1 Å². The van der Waals surface area contributed by atoms with Crippen molar-refractivity contribution >= 4 is 45.5 Å². The Kier molecular flexibility index (Phi) is 14.7. The van der Waals surface area contributed by atoms with Gasteiger partial charge in [-0.2, -0.15) is 11.1 Å². The zero-order valence-electron chi connectivity index (χ0n) is 28.9. The van der Waals surface area contributed by atoms with Crippen LogP contribution in [0.2, 0.25) is 5.02 Å². The average molecular weight is 744 g/mol. The monoisotopic (exact) mass is 743 g/mol. The maximum Gasteiger partial charge on any atom is 0.227 e. The van der Waals surface area contributed by atoms with Crippen LogP contribution in [0, 0.1) is 18.0 Å². The number of nitrogens with two attached hydrogens (primary N) is 1. The number of anilines is 4. The van der Waals surface area contributed by atoms with Crippen LogP contribution in [-0.4, -0.2) is 53.7 Å². The minimum atomic E-state index is 0.493. The van der Waals surface area contributed by atoms with Gasteiger partial charge in [-0.1, -0.05) is 29.8 Å². The van der Waals surface area contributed by atoms with E-state index in [0.717, 1.165) is 60.7 Å². The highest BCUT2D eigenvalue weighted by Crippen LogP contribution is 2.38. The summed E-state index contributed by atoms with van der Waals surface area (Å²) in [5.41, 5.74) is 26.9. The Morgan fingerprint density at radius 2 is 1.47 bits per heavy atom. The van der Waals surface area contributed by atoms with Crippen molar-refractivity contribution in [3.05, 3.63) is 58.9 Å². The molecule has 1 aliphatic rings. The van der Waals surface area contributed by atoms with Gasteiger partial charge in [0.25, 0.3) is 0 Å². The fraction of sp³-hybridized carbons (Fsp3) is 0.333. The second kappa shape index (κ2) is 20.1. The number of para-hydroxylation sites is 1. The molecule has 26 heteroatoms. The minimum Gasteiger partial charge on any atom is -0.397 e. The molecule has 0 bridgehead atoms. The standard InChI is InChI=1S/C27H32ClN7.H2N18/c1-17-13-24(34(4)12-11-33(2)3)22(29)14-23(17)31-27-30-15-21(28)25(32-27)20-16-35-10-6-8-18-7-5-9-19(20)26(18)35;1-3-5-7-9-11-13-15-17-18-16-14-12-10-8-6-4-2/h5,7,9,13-16H,6,8,10-12,29H2,1-4H3,(H,30,31,32);1-2H/b;3-1?,4-2?,7-5+,8-6+,11-9+,12-10+,15-13+,16-14+,18-17+. The van der Waals surface area contributed by atoms with Gasteiger partial charge < -0.3 is 25.4 Å². The normalized spacial score (nSPS) is 13.2. The first kappa shape index (κ1) is 38.9. The molecule has 25 nitrogen and oxygen atoms in total. The van der Waals surface area contributed by atoms with Gasteiger partial charge in [0, 0.05) is 49.5 Å². The quantitative estimate of drug-likeness (QED) is 0.0522. The molecule has 0 aliphatic carbocycles. The van der Waals surface area contributed by atoms with Crippen LogP contribution in [0.25, 0.3) is 22.2 Å². The zero-order chi connectivity index (χ0) is 38.0. The number of hydrogen-bond acceptors (Lipinski definition) is 8. The molecule has 4 aromatic rings. The van der Waals surface area contributed by atoms with Gasteiger partial charge >= 0.3 is 0 Å². The summed E-state index contributed by atoms with van der Waals surface area (Å²) in [4.78, 5) is 13.6. The lowest BCUT2D eigenvalue weighted by atomic mass is 10.0. The van der Waals surface area contributed by atoms with E-state index in [1.54, 1.807) is 6.20 Å². The second-order valence-corrected chi connectivity index (χ2v) is 11.5. The number of aromatic nitrogens is 3. The van der Waals surface area contributed by atoms with Crippen LogP contribution in [0.1, 0.15) is 17.5 Å². The molecule has 2 aromatic carbocycles. The summed E-state index contributed by atoms with van der Waals surface area (Å²) < 4.78 is 2.32. The highest BCUT2D eigenvalue weighted by molar-refractivity contribution is 6.33. The van der Waals surface area contributed by atoms with Gasteiger partial charge in [-0.05, 0) is 141 Å². The van der Waals surface area contributed by atoms with E-state index in [-0.39, 0.29) is 0 Å². The summed E-state index contributed by atoms with van der Waals surface area (Å²) >= 11 is 6.61. The van der Waals surface area contributed by atoms with Crippen LogP contribution in [0.15, 0.2) is 126 Å². The maximum atomic E-state index is 6.61. The van der Waals surface area contributed by atoms with Crippen LogP contribution in [0.5, 0.6) is 0 Å². The SMILES string of the molecule is Cc1cc(N(C)CCN(C)C)c(N)cc1Nc1ncc(Cl)c(-c2cn3c4c(cccc24)CCC3)n1.N=N/N=N/N=N/N=N/N=N/N=N/N=N/N=N/N=N. The molecule has 0 saturated heterocycles. The second-order valence-electron chi connectivity index (χ2n) is 11.1. The zero-order valence-corrected chi connectivity index (χ0v) is 29.7. The van der Waals surface area contributed by atoms with Gasteiger partial charge in [0.1, 0.15) is 0 Å². The number of halogens is 1. The number of nitrogens with zero attached hydrogens (tertiary/aromatic N) is 21. The first-order valence-electron chi connectivity index (χ1n) is 15.4. The average Bonchev–Trinajstić information content (AvgIpc) is 3.53. The molecule has 0 saturated carbocycles. The molecule has 2 aromatic heterocycles. The van der Waals surface area contributed by atoms with Crippen LogP contribution in [0.3, 0.4) is 0 Å². The number of likely N-dealkylation sites (N-methyl/N-ethyl adjacent to an activating group) is 2. The first-order valence-corrected chi connectivity index (χ1v) is 15.8. The largest absolute Gasteiger partial charge is 0.397 e. The van der Waals surface area contributed by atoms with Crippen molar-refractivity contribution in [2.45, 2.75) is 26.3 Å². The highest BCUT2D eigenvalue weighted by Gasteiger charge is 2.20. The molecule has 0 spiro atoms. The van der Waals surface area contributed by atoms with Crippen LogP contribution in [0.4, 0.5) is 23.0 Å². The third-order valence-electron chi connectivity index (χ3n) is 7.35. The van der Waals surface area contributed by atoms with Crippen LogP contribution < -0.4 is 16.0 Å².